The smallest absolute Gasteiger partial charge is 0.229 e. The van der Waals surface area contributed by atoms with E-state index in [1.807, 2.05) is 18.9 Å². The normalized spacial score (nSPS) is 31.3. The van der Waals surface area contributed by atoms with E-state index in [2.05, 4.69) is 6.92 Å². The first-order valence-corrected chi connectivity index (χ1v) is 6.01. The van der Waals surface area contributed by atoms with Gasteiger partial charge in [-0.15, -0.1) is 0 Å². The average Bonchev–Trinajstić information content (AvgIpc) is 2.28. The number of hydrogen-bond donors (Lipinski definition) is 1. The lowest BCUT2D eigenvalue weighted by Crippen LogP contribution is -2.48. The van der Waals surface area contributed by atoms with Crippen LogP contribution < -0.4 is 5.73 Å². The lowest BCUT2D eigenvalue weighted by molar-refractivity contribution is -0.142. The van der Waals surface area contributed by atoms with Crippen LogP contribution in [0.1, 0.15) is 39.5 Å². The fourth-order valence-electron chi connectivity index (χ4n) is 2.37. The summed E-state index contributed by atoms with van der Waals surface area (Å²) < 4.78 is 0. The predicted octanol–water partition coefficient (Wildman–Crippen LogP) is 1.62. The van der Waals surface area contributed by atoms with Gasteiger partial charge in [0, 0.05) is 20.1 Å². The van der Waals surface area contributed by atoms with Crippen LogP contribution in [0.25, 0.3) is 0 Å². The Balaban J connectivity index is 2.72. The Morgan fingerprint density at radius 3 is 2.40 bits per heavy atom. The van der Waals surface area contributed by atoms with E-state index in [-0.39, 0.29) is 11.3 Å². The van der Waals surface area contributed by atoms with Crippen LogP contribution in [0.15, 0.2) is 0 Å². The molecular formula is C12H24N2O. The molecule has 1 aliphatic carbocycles. The molecule has 0 heterocycles. The summed E-state index contributed by atoms with van der Waals surface area (Å²) in [5, 5.41) is 0. The number of hydrogen-bond acceptors (Lipinski definition) is 2. The highest BCUT2D eigenvalue weighted by molar-refractivity contribution is 5.82. The molecule has 0 aromatic carbocycles. The zero-order valence-corrected chi connectivity index (χ0v) is 10.3. The van der Waals surface area contributed by atoms with E-state index in [4.69, 9.17) is 5.73 Å². The van der Waals surface area contributed by atoms with Crippen LogP contribution in [0.2, 0.25) is 0 Å². The molecule has 0 radical (unpaired) electrons. The molecule has 0 aromatic heterocycles. The molecule has 3 nitrogen and oxygen atoms in total. The molecule has 1 aliphatic rings. The van der Waals surface area contributed by atoms with Gasteiger partial charge < -0.3 is 10.6 Å². The highest BCUT2D eigenvalue weighted by Gasteiger charge is 2.40. The van der Waals surface area contributed by atoms with E-state index >= 15 is 0 Å². The largest absolute Gasteiger partial charge is 0.346 e. The van der Waals surface area contributed by atoms with Gasteiger partial charge in [-0.3, -0.25) is 4.79 Å². The fourth-order valence-corrected chi connectivity index (χ4v) is 2.37. The number of carbonyl (C=O) groups excluding carboxylic acids is 1. The SMILES string of the molecule is CCN(C)C(=O)C1(CN)CCC(C)CC1. The van der Waals surface area contributed by atoms with Crippen molar-refractivity contribution >= 4 is 5.91 Å². The first-order chi connectivity index (χ1) is 7.05. The summed E-state index contributed by atoms with van der Waals surface area (Å²) in [6.07, 6.45) is 4.21. The van der Waals surface area contributed by atoms with Gasteiger partial charge in [0.2, 0.25) is 5.91 Å². The standard InChI is InChI=1S/C12H24N2O/c1-4-14(3)11(15)12(9-13)7-5-10(2)6-8-12/h10H,4-9,13H2,1-3H3. The summed E-state index contributed by atoms with van der Waals surface area (Å²) in [7, 11) is 1.87. The first-order valence-electron chi connectivity index (χ1n) is 6.01. The molecule has 0 saturated heterocycles. The number of amides is 1. The zero-order chi connectivity index (χ0) is 11.5. The van der Waals surface area contributed by atoms with Crippen LogP contribution >= 0.6 is 0 Å². The summed E-state index contributed by atoms with van der Waals surface area (Å²) in [6.45, 7) is 5.54. The van der Waals surface area contributed by atoms with E-state index < -0.39 is 0 Å². The molecular weight excluding hydrogens is 188 g/mol. The van der Waals surface area contributed by atoms with Gasteiger partial charge in [-0.25, -0.2) is 0 Å². The van der Waals surface area contributed by atoms with E-state index in [0.29, 0.717) is 6.54 Å². The molecule has 0 bridgehead atoms. The lowest BCUT2D eigenvalue weighted by Gasteiger charge is -2.39. The molecule has 1 rings (SSSR count). The van der Waals surface area contributed by atoms with Crippen LogP contribution in [-0.2, 0) is 4.79 Å². The Morgan fingerprint density at radius 2 is 2.00 bits per heavy atom. The first kappa shape index (κ1) is 12.5. The van der Waals surface area contributed by atoms with Crippen molar-refractivity contribution in [2.24, 2.45) is 17.1 Å². The molecule has 3 heteroatoms. The highest BCUT2D eigenvalue weighted by Crippen LogP contribution is 2.39. The van der Waals surface area contributed by atoms with Gasteiger partial charge in [-0.05, 0) is 38.5 Å². The molecule has 1 amide bonds. The second kappa shape index (κ2) is 4.97. The van der Waals surface area contributed by atoms with Crippen LogP contribution in [-0.4, -0.2) is 30.9 Å². The Bertz CT molecular complexity index is 220. The molecule has 0 unspecified atom stereocenters. The summed E-state index contributed by atoms with van der Waals surface area (Å²) in [4.78, 5) is 14.0. The van der Waals surface area contributed by atoms with Crippen LogP contribution in [0.4, 0.5) is 0 Å². The van der Waals surface area contributed by atoms with Crippen molar-refractivity contribution in [2.75, 3.05) is 20.1 Å². The summed E-state index contributed by atoms with van der Waals surface area (Å²) in [5.74, 6) is 1.00. The molecule has 15 heavy (non-hydrogen) atoms. The summed E-state index contributed by atoms with van der Waals surface area (Å²) >= 11 is 0. The van der Waals surface area contributed by atoms with Gasteiger partial charge in [0.05, 0.1) is 5.41 Å². The molecule has 0 aliphatic heterocycles. The number of carbonyl (C=O) groups is 1. The van der Waals surface area contributed by atoms with Crippen molar-refractivity contribution in [1.29, 1.82) is 0 Å². The van der Waals surface area contributed by atoms with Gasteiger partial charge in [-0.2, -0.15) is 0 Å². The quantitative estimate of drug-likeness (QED) is 0.772. The second-order valence-corrected chi connectivity index (χ2v) is 4.99. The van der Waals surface area contributed by atoms with Crippen LogP contribution in [0.3, 0.4) is 0 Å². The molecule has 0 atom stereocenters. The van der Waals surface area contributed by atoms with Crippen molar-refractivity contribution in [3.05, 3.63) is 0 Å². The zero-order valence-electron chi connectivity index (χ0n) is 10.3. The average molecular weight is 212 g/mol. The van der Waals surface area contributed by atoms with Crippen molar-refractivity contribution in [3.8, 4) is 0 Å². The predicted molar refractivity (Wildman–Crippen MR) is 62.4 cm³/mol. The fraction of sp³-hybridized carbons (Fsp3) is 0.917. The maximum atomic E-state index is 12.2. The van der Waals surface area contributed by atoms with Crippen molar-refractivity contribution in [2.45, 2.75) is 39.5 Å². The van der Waals surface area contributed by atoms with Gasteiger partial charge >= 0.3 is 0 Å². The summed E-state index contributed by atoms with van der Waals surface area (Å²) in [6, 6.07) is 0. The third-order valence-corrected chi connectivity index (χ3v) is 3.90. The van der Waals surface area contributed by atoms with Crippen molar-refractivity contribution in [3.63, 3.8) is 0 Å². The summed E-state index contributed by atoms with van der Waals surface area (Å²) in [5.41, 5.74) is 5.58. The highest BCUT2D eigenvalue weighted by atomic mass is 16.2. The Morgan fingerprint density at radius 1 is 1.47 bits per heavy atom. The second-order valence-electron chi connectivity index (χ2n) is 4.99. The maximum Gasteiger partial charge on any atom is 0.229 e. The molecule has 0 spiro atoms. The van der Waals surface area contributed by atoms with E-state index in [1.165, 1.54) is 0 Å². The third-order valence-electron chi connectivity index (χ3n) is 3.90. The number of nitrogens with two attached hydrogens (primary N) is 1. The minimum absolute atomic E-state index is 0.249. The minimum atomic E-state index is -0.253. The van der Waals surface area contributed by atoms with Crippen molar-refractivity contribution in [1.82, 2.24) is 4.90 Å². The van der Waals surface area contributed by atoms with E-state index in [0.717, 1.165) is 38.1 Å². The number of rotatable bonds is 3. The Labute approximate surface area is 93.0 Å². The van der Waals surface area contributed by atoms with Gasteiger partial charge in [0.25, 0.3) is 0 Å². The third kappa shape index (κ3) is 2.51. The molecule has 2 N–H and O–H groups in total. The van der Waals surface area contributed by atoms with Crippen LogP contribution in [0, 0.1) is 11.3 Å². The van der Waals surface area contributed by atoms with Gasteiger partial charge in [-0.1, -0.05) is 6.92 Å². The molecule has 1 fully saturated rings. The van der Waals surface area contributed by atoms with Crippen molar-refractivity contribution < 1.29 is 4.79 Å². The van der Waals surface area contributed by atoms with Gasteiger partial charge in [0.1, 0.15) is 0 Å². The Hall–Kier alpha value is -0.570. The molecule has 0 aromatic rings. The monoisotopic (exact) mass is 212 g/mol. The van der Waals surface area contributed by atoms with E-state index in [9.17, 15) is 4.79 Å². The number of nitrogens with zero attached hydrogens (tertiary/aromatic N) is 1. The lowest BCUT2D eigenvalue weighted by atomic mass is 9.70. The Kier molecular flexibility index (Phi) is 4.14. The van der Waals surface area contributed by atoms with E-state index in [1.54, 1.807) is 0 Å². The minimum Gasteiger partial charge on any atom is -0.346 e. The maximum absolute atomic E-state index is 12.2. The van der Waals surface area contributed by atoms with Crippen LogP contribution in [0.5, 0.6) is 0 Å². The molecule has 88 valence electrons. The topological polar surface area (TPSA) is 46.3 Å². The molecule has 1 saturated carbocycles. The van der Waals surface area contributed by atoms with Gasteiger partial charge in [0.15, 0.2) is 0 Å².